The minimum Gasteiger partial charge on any atom is -0.352 e. The highest BCUT2D eigenvalue weighted by Crippen LogP contribution is 2.21. The predicted octanol–water partition coefficient (Wildman–Crippen LogP) is 1.36. The molecule has 1 aromatic carbocycles. The third-order valence-corrected chi connectivity index (χ3v) is 3.80. The number of benzene rings is 1. The van der Waals surface area contributed by atoms with Crippen molar-refractivity contribution in [3.8, 4) is 0 Å². The maximum Gasteiger partial charge on any atom is 0.256 e. The molecule has 6 nitrogen and oxygen atoms in total. The Morgan fingerprint density at radius 2 is 2.23 bits per heavy atom. The van der Waals surface area contributed by atoms with Crippen molar-refractivity contribution in [1.82, 2.24) is 20.2 Å². The minimum atomic E-state index is -0.566. The zero-order valence-corrected chi connectivity index (χ0v) is 12.4. The number of carbonyl (C=O) groups excluding carboxylic acids is 2. The minimum absolute atomic E-state index is 0.0162. The second kappa shape index (κ2) is 5.40. The van der Waals surface area contributed by atoms with E-state index in [9.17, 15) is 14.0 Å². The molecule has 7 heteroatoms. The van der Waals surface area contributed by atoms with Gasteiger partial charge in [-0.2, -0.15) is 0 Å². The van der Waals surface area contributed by atoms with Crippen molar-refractivity contribution in [2.45, 2.75) is 26.3 Å². The second-order valence-corrected chi connectivity index (χ2v) is 5.61. The van der Waals surface area contributed by atoms with Gasteiger partial charge in [0.1, 0.15) is 11.6 Å². The van der Waals surface area contributed by atoms with Crippen LogP contribution in [0.2, 0.25) is 0 Å². The molecular weight excluding hydrogens is 287 g/mol. The van der Waals surface area contributed by atoms with Gasteiger partial charge in [0.05, 0.1) is 16.6 Å². The van der Waals surface area contributed by atoms with Gasteiger partial charge in [-0.3, -0.25) is 9.59 Å². The molecule has 0 aliphatic carbocycles. The lowest BCUT2D eigenvalue weighted by Crippen LogP contribution is -2.37. The van der Waals surface area contributed by atoms with E-state index in [1.165, 1.54) is 19.1 Å². The summed E-state index contributed by atoms with van der Waals surface area (Å²) in [6.07, 6.45) is 0.677. The summed E-state index contributed by atoms with van der Waals surface area (Å²) in [4.78, 5) is 32.3. The number of aryl methyl sites for hydroxylation is 1. The van der Waals surface area contributed by atoms with Crippen molar-refractivity contribution in [2.75, 3.05) is 13.1 Å². The van der Waals surface area contributed by atoms with Crippen molar-refractivity contribution in [1.29, 1.82) is 0 Å². The smallest absolute Gasteiger partial charge is 0.256 e. The largest absolute Gasteiger partial charge is 0.352 e. The molecule has 1 aliphatic heterocycles. The number of hydrogen-bond donors (Lipinski definition) is 2. The maximum atomic E-state index is 14.2. The summed E-state index contributed by atoms with van der Waals surface area (Å²) in [6.45, 7) is 4.12. The maximum absolute atomic E-state index is 14.2. The number of rotatable bonds is 2. The van der Waals surface area contributed by atoms with Gasteiger partial charge in [0.2, 0.25) is 5.91 Å². The fourth-order valence-corrected chi connectivity index (χ4v) is 2.84. The summed E-state index contributed by atoms with van der Waals surface area (Å²) in [7, 11) is 0. The summed E-state index contributed by atoms with van der Waals surface area (Å²) in [5.74, 6) is -0.387. The molecule has 1 atom stereocenters. The van der Waals surface area contributed by atoms with Crippen LogP contribution in [0.5, 0.6) is 0 Å². The van der Waals surface area contributed by atoms with Crippen LogP contribution in [0.1, 0.15) is 29.5 Å². The first kappa shape index (κ1) is 14.5. The first-order chi connectivity index (χ1) is 10.4. The molecule has 1 aliphatic rings. The zero-order chi connectivity index (χ0) is 15.9. The van der Waals surface area contributed by atoms with E-state index in [4.69, 9.17) is 0 Å². The topological polar surface area (TPSA) is 78.1 Å². The lowest BCUT2D eigenvalue weighted by molar-refractivity contribution is -0.119. The SMILES string of the molecule is CC(=O)N[C@H]1CCN(C(=O)c2cc3nc(C)[nH]c3cc2F)C1. The van der Waals surface area contributed by atoms with Gasteiger partial charge >= 0.3 is 0 Å². The first-order valence-corrected chi connectivity index (χ1v) is 7.16. The van der Waals surface area contributed by atoms with Crippen LogP contribution in [-0.4, -0.2) is 45.8 Å². The molecule has 0 saturated carbocycles. The molecule has 1 fully saturated rings. The Kier molecular flexibility index (Phi) is 3.56. The van der Waals surface area contributed by atoms with Crippen molar-refractivity contribution >= 4 is 22.8 Å². The quantitative estimate of drug-likeness (QED) is 0.879. The third kappa shape index (κ3) is 2.66. The summed E-state index contributed by atoms with van der Waals surface area (Å²) in [5, 5.41) is 2.78. The van der Waals surface area contributed by atoms with Crippen LogP contribution in [0.15, 0.2) is 12.1 Å². The van der Waals surface area contributed by atoms with Gasteiger partial charge < -0.3 is 15.2 Å². The van der Waals surface area contributed by atoms with E-state index >= 15 is 0 Å². The number of nitrogens with one attached hydrogen (secondary N) is 2. The summed E-state index contributed by atoms with van der Waals surface area (Å²) in [6, 6.07) is 2.70. The number of nitrogens with zero attached hydrogens (tertiary/aromatic N) is 2. The van der Waals surface area contributed by atoms with E-state index in [1.54, 1.807) is 11.8 Å². The molecule has 1 aromatic heterocycles. The van der Waals surface area contributed by atoms with Crippen molar-refractivity contribution in [2.24, 2.45) is 0 Å². The molecule has 22 heavy (non-hydrogen) atoms. The molecule has 2 heterocycles. The van der Waals surface area contributed by atoms with Crippen LogP contribution < -0.4 is 5.32 Å². The number of likely N-dealkylation sites (tertiary alicyclic amines) is 1. The first-order valence-electron chi connectivity index (χ1n) is 7.16. The average molecular weight is 304 g/mol. The van der Waals surface area contributed by atoms with Crippen molar-refractivity contribution in [3.05, 3.63) is 29.3 Å². The number of aromatic nitrogens is 2. The highest BCUT2D eigenvalue weighted by molar-refractivity contribution is 5.98. The number of carbonyl (C=O) groups is 2. The van der Waals surface area contributed by atoms with Crippen LogP contribution in [0.4, 0.5) is 4.39 Å². The summed E-state index contributed by atoms with van der Waals surface area (Å²) >= 11 is 0. The number of aromatic amines is 1. The molecule has 0 unspecified atom stereocenters. The van der Waals surface area contributed by atoms with Crippen molar-refractivity contribution in [3.63, 3.8) is 0 Å². The van der Waals surface area contributed by atoms with E-state index in [0.717, 1.165) is 0 Å². The van der Waals surface area contributed by atoms with Crippen LogP contribution in [0.25, 0.3) is 11.0 Å². The Bertz CT molecular complexity index is 755. The standard InChI is InChI=1S/C15H17FN4O2/c1-8-17-13-5-11(12(16)6-14(13)18-8)15(22)20-4-3-10(7-20)19-9(2)21/h5-6,10H,3-4,7H2,1-2H3,(H,17,18)(H,19,21)/t10-/m0/s1. The Morgan fingerprint density at radius 3 is 2.95 bits per heavy atom. The van der Waals surface area contributed by atoms with Gasteiger partial charge in [0, 0.05) is 32.1 Å². The summed E-state index contributed by atoms with van der Waals surface area (Å²) < 4.78 is 14.2. The zero-order valence-electron chi connectivity index (χ0n) is 12.4. The monoisotopic (exact) mass is 304 g/mol. The molecule has 0 radical (unpaired) electrons. The fraction of sp³-hybridized carbons (Fsp3) is 0.400. The molecule has 3 rings (SSSR count). The number of halogens is 1. The average Bonchev–Trinajstić information content (AvgIpc) is 3.01. The number of imidazole rings is 1. The molecule has 2 N–H and O–H groups in total. The normalized spacial score (nSPS) is 18.0. The predicted molar refractivity (Wildman–Crippen MR) is 78.9 cm³/mol. The third-order valence-electron chi connectivity index (χ3n) is 3.80. The van der Waals surface area contributed by atoms with Gasteiger partial charge in [-0.25, -0.2) is 9.37 Å². The molecule has 0 spiro atoms. The van der Waals surface area contributed by atoms with Crippen LogP contribution >= 0.6 is 0 Å². The second-order valence-electron chi connectivity index (χ2n) is 5.61. The van der Waals surface area contributed by atoms with E-state index in [-0.39, 0.29) is 23.4 Å². The van der Waals surface area contributed by atoms with Crippen LogP contribution in [0.3, 0.4) is 0 Å². The van der Waals surface area contributed by atoms with Gasteiger partial charge in [-0.15, -0.1) is 0 Å². The lowest BCUT2D eigenvalue weighted by Gasteiger charge is -2.17. The Morgan fingerprint density at radius 1 is 1.45 bits per heavy atom. The van der Waals surface area contributed by atoms with Crippen LogP contribution in [-0.2, 0) is 4.79 Å². The molecule has 0 bridgehead atoms. The molecule has 2 amide bonds. The Labute approximate surface area is 126 Å². The number of amides is 2. The molecule has 2 aromatic rings. The Hall–Kier alpha value is -2.44. The van der Waals surface area contributed by atoms with Gasteiger partial charge in [0.25, 0.3) is 5.91 Å². The highest BCUT2D eigenvalue weighted by Gasteiger charge is 2.29. The molecule has 116 valence electrons. The molecule has 1 saturated heterocycles. The molecular formula is C15H17FN4O2. The highest BCUT2D eigenvalue weighted by atomic mass is 19.1. The van der Waals surface area contributed by atoms with E-state index in [0.29, 0.717) is 36.4 Å². The van der Waals surface area contributed by atoms with E-state index in [1.807, 2.05) is 0 Å². The van der Waals surface area contributed by atoms with Gasteiger partial charge in [0.15, 0.2) is 0 Å². The van der Waals surface area contributed by atoms with E-state index < -0.39 is 5.82 Å². The van der Waals surface area contributed by atoms with Gasteiger partial charge in [-0.1, -0.05) is 0 Å². The summed E-state index contributed by atoms with van der Waals surface area (Å²) in [5.41, 5.74) is 1.16. The Balaban J connectivity index is 1.83. The van der Waals surface area contributed by atoms with Crippen LogP contribution in [0, 0.1) is 12.7 Å². The fourth-order valence-electron chi connectivity index (χ4n) is 2.84. The lowest BCUT2D eigenvalue weighted by atomic mass is 10.1. The van der Waals surface area contributed by atoms with E-state index in [2.05, 4.69) is 15.3 Å². The van der Waals surface area contributed by atoms with Gasteiger partial charge in [-0.05, 0) is 19.4 Å². The number of hydrogen-bond acceptors (Lipinski definition) is 3. The number of fused-ring (bicyclic) bond motifs is 1. The number of H-pyrrole nitrogens is 1. The van der Waals surface area contributed by atoms with Crippen molar-refractivity contribution < 1.29 is 14.0 Å².